The van der Waals surface area contributed by atoms with Gasteiger partial charge < -0.3 is 9.94 Å². The van der Waals surface area contributed by atoms with E-state index in [1.807, 2.05) is 6.92 Å². The molecule has 0 bridgehead atoms. The Labute approximate surface area is 160 Å². The maximum absolute atomic E-state index is 12.2. The number of hydrogen-bond acceptors (Lipinski definition) is 3. The number of halogens is 1. The zero-order valence-corrected chi connectivity index (χ0v) is 17.0. The summed E-state index contributed by atoms with van der Waals surface area (Å²) in [5.74, 6) is -0.458. The lowest BCUT2D eigenvalue weighted by Crippen LogP contribution is -2.53. The molecule has 1 aromatic rings. The number of carboxylic acids is 1. The molecule has 0 amide bonds. The predicted octanol–water partition coefficient (Wildman–Crippen LogP) is 5.37. The first kappa shape index (κ1) is 19.2. The second-order valence-electron chi connectivity index (χ2n) is 8.54. The summed E-state index contributed by atoms with van der Waals surface area (Å²) in [4.78, 5) is 17.3. The van der Waals surface area contributed by atoms with E-state index in [0.29, 0.717) is 18.8 Å². The Morgan fingerprint density at radius 3 is 2.62 bits per heavy atom. The molecule has 1 N–H and O–H groups in total. The average Bonchev–Trinajstić information content (AvgIpc) is 2.56. The third-order valence-corrected chi connectivity index (χ3v) is 7.03. The standard InChI is InChI=1S/C21H28ClNO3/c1-12(2)13-9-14-15(10-16(13)22)20(3)7-6-8-21(4,19(24)25)18(20)11-17(14)23-26-5/h9-10,12,18H,6-8,11H2,1-5H3,(H,24,25)/t18?,20-,21-/m1/s1. The molecule has 2 aliphatic carbocycles. The normalized spacial score (nSPS) is 32.3. The molecule has 0 heterocycles. The van der Waals surface area contributed by atoms with Crippen LogP contribution in [0.15, 0.2) is 17.3 Å². The van der Waals surface area contributed by atoms with Crippen LogP contribution in [0.1, 0.15) is 76.0 Å². The minimum Gasteiger partial charge on any atom is -0.481 e. The summed E-state index contributed by atoms with van der Waals surface area (Å²) >= 11 is 6.62. The van der Waals surface area contributed by atoms with Gasteiger partial charge in [0.25, 0.3) is 0 Å². The van der Waals surface area contributed by atoms with Crippen LogP contribution in [0, 0.1) is 11.3 Å². The highest BCUT2D eigenvalue weighted by Crippen LogP contribution is 2.58. The van der Waals surface area contributed by atoms with Crippen LogP contribution in [0.2, 0.25) is 5.02 Å². The molecule has 0 spiro atoms. The highest BCUT2D eigenvalue weighted by Gasteiger charge is 2.56. The topological polar surface area (TPSA) is 58.9 Å². The van der Waals surface area contributed by atoms with Gasteiger partial charge in [0.2, 0.25) is 0 Å². The van der Waals surface area contributed by atoms with Crippen molar-refractivity contribution in [3.8, 4) is 0 Å². The van der Waals surface area contributed by atoms with Crippen LogP contribution in [0.25, 0.3) is 0 Å². The number of aliphatic carboxylic acids is 1. The lowest BCUT2D eigenvalue weighted by atomic mass is 9.49. The second kappa shape index (κ2) is 6.56. The molecule has 5 heteroatoms. The van der Waals surface area contributed by atoms with Gasteiger partial charge in [0, 0.05) is 10.6 Å². The SMILES string of the molecule is CON=C1CC2[C@](C)(C(=O)O)CCC[C@]2(C)c2cc(Cl)c(C(C)C)cc21. The molecule has 1 saturated carbocycles. The number of benzene rings is 1. The first-order valence-corrected chi connectivity index (χ1v) is 9.70. The monoisotopic (exact) mass is 377 g/mol. The fourth-order valence-corrected chi connectivity index (χ4v) is 5.53. The van der Waals surface area contributed by atoms with Crippen molar-refractivity contribution in [2.75, 3.05) is 7.11 Å². The van der Waals surface area contributed by atoms with Gasteiger partial charge >= 0.3 is 5.97 Å². The van der Waals surface area contributed by atoms with Gasteiger partial charge in [-0.05, 0) is 66.7 Å². The predicted molar refractivity (Wildman–Crippen MR) is 104 cm³/mol. The average molecular weight is 378 g/mol. The van der Waals surface area contributed by atoms with Gasteiger partial charge in [-0.15, -0.1) is 0 Å². The third-order valence-electron chi connectivity index (χ3n) is 6.70. The number of carbonyl (C=O) groups is 1. The molecule has 1 aromatic carbocycles. The minimum absolute atomic E-state index is 0.0383. The fraction of sp³-hybridized carbons (Fsp3) is 0.619. The molecule has 3 rings (SSSR count). The third kappa shape index (κ3) is 2.74. The number of carboxylic acid groups (broad SMARTS) is 1. The summed E-state index contributed by atoms with van der Waals surface area (Å²) in [6, 6.07) is 4.19. The van der Waals surface area contributed by atoms with Crippen molar-refractivity contribution in [2.45, 2.75) is 64.7 Å². The summed E-state index contributed by atoms with van der Waals surface area (Å²) in [5, 5.41) is 15.0. The Bertz CT molecular complexity index is 773. The van der Waals surface area contributed by atoms with Crippen LogP contribution in [0.5, 0.6) is 0 Å². The molecule has 2 aliphatic rings. The lowest BCUT2D eigenvalue weighted by molar-refractivity contribution is -0.156. The van der Waals surface area contributed by atoms with Gasteiger partial charge in [-0.1, -0.05) is 43.9 Å². The summed E-state index contributed by atoms with van der Waals surface area (Å²) in [6.45, 7) is 8.33. The molecule has 0 radical (unpaired) electrons. The maximum Gasteiger partial charge on any atom is 0.309 e. The van der Waals surface area contributed by atoms with E-state index in [0.717, 1.165) is 40.3 Å². The Hall–Kier alpha value is -1.55. The van der Waals surface area contributed by atoms with Crippen LogP contribution in [-0.2, 0) is 15.0 Å². The van der Waals surface area contributed by atoms with E-state index in [-0.39, 0.29) is 11.3 Å². The Balaban J connectivity index is 2.26. The highest BCUT2D eigenvalue weighted by atomic mass is 35.5. The van der Waals surface area contributed by atoms with Crippen molar-refractivity contribution in [1.29, 1.82) is 0 Å². The number of hydrogen-bond donors (Lipinski definition) is 1. The van der Waals surface area contributed by atoms with E-state index in [4.69, 9.17) is 16.4 Å². The minimum atomic E-state index is -0.775. The van der Waals surface area contributed by atoms with E-state index < -0.39 is 11.4 Å². The zero-order chi connectivity index (χ0) is 19.3. The number of fused-ring (bicyclic) bond motifs is 3. The number of rotatable bonds is 3. The van der Waals surface area contributed by atoms with E-state index in [9.17, 15) is 9.90 Å². The second-order valence-corrected chi connectivity index (χ2v) is 8.95. The van der Waals surface area contributed by atoms with Gasteiger partial charge in [-0.25, -0.2) is 0 Å². The maximum atomic E-state index is 12.2. The Kier molecular flexibility index (Phi) is 4.85. The van der Waals surface area contributed by atoms with Crippen LogP contribution in [0.3, 0.4) is 0 Å². The van der Waals surface area contributed by atoms with Gasteiger partial charge in [-0.3, -0.25) is 4.79 Å². The van der Waals surface area contributed by atoms with Crippen molar-refractivity contribution in [1.82, 2.24) is 0 Å². The van der Waals surface area contributed by atoms with Crippen molar-refractivity contribution < 1.29 is 14.7 Å². The van der Waals surface area contributed by atoms with Crippen LogP contribution in [-0.4, -0.2) is 23.9 Å². The molecular formula is C21H28ClNO3. The van der Waals surface area contributed by atoms with Crippen LogP contribution >= 0.6 is 11.6 Å². The summed E-state index contributed by atoms with van der Waals surface area (Å²) in [5.41, 5.74) is 3.10. The van der Waals surface area contributed by atoms with Crippen LogP contribution in [0.4, 0.5) is 0 Å². The first-order valence-electron chi connectivity index (χ1n) is 9.33. The smallest absolute Gasteiger partial charge is 0.309 e. The Morgan fingerprint density at radius 1 is 1.35 bits per heavy atom. The van der Waals surface area contributed by atoms with Gasteiger partial charge in [0.05, 0.1) is 11.1 Å². The molecule has 142 valence electrons. The van der Waals surface area contributed by atoms with E-state index >= 15 is 0 Å². The van der Waals surface area contributed by atoms with Crippen molar-refractivity contribution in [3.05, 3.63) is 33.8 Å². The molecule has 0 saturated heterocycles. The molecule has 4 nitrogen and oxygen atoms in total. The summed E-state index contributed by atoms with van der Waals surface area (Å²) in [7, 11) is 1.54. The zero-order valence-electron chi connectivity index (χ0n) is 16.2. The fourth-order valence-electron chi connectivity index (χ4n) is 5.15. The molecule has 3 atom stereocenters. The van der Waals surface area contributed by atoms with Gasteiger partial charge in [0.15, 0.2) is 0 Å². The molecular weight excluding hydrogens is 350 g/mol. The number of nitrogens with zero attached hydrogens (tertiary/aromatic N) is 1. The van der Waals surface area contributed by atoms with Crippen molar-refractivity contribution in [2.24, 2.45) is 16.5 Å². The van der Waals surface area contributed by atoms with E-state index in [1.165, 1.54) is 7.11 Å². The summed E-state index contributed by atoms with van der Waals surface area (Å²) < 4.78 is 0. The Morgan fingerprint density at radius 2 is 2.04 bits per heavy atom. The molecule has 1 fully saturated rings. The van der Waals surface area contributed by atoms with E-state index in [2.05, 4.69) is 38.1 Å². The van der Waals surface area contributed by atoms with Crippen molar-refractivity contribution in [3.63, 3.8) is 0 Å². The molecule has 26 heavy (non-hydrogen) atoms. The highest BCUT2D eigenvalue weighted by molar-refractivity contribution is 6.31. The van der Waals surface area contributed by atoms with E-state index in [1.54, 1.807) is 0 Å². The van der Waals surface area contributed by atoms with Gasteiger partial charge in [-0.2, -0.15) is 0 Å². The lowest BCUT2D eigenvalue weighted by Gasteiger charge is -2.53. The number of oxime groups is 1. The molecule has 0 aromatic heterocycles. The van der Waals surface area contributed by atoms with Crippen molar-refractivity contribution >= 4 is 23.3 Å². The quantitative estimate of drug-likeness (QED) is 0.720. The van der Waals surface area contributed by atoms with Gasteiger partial charge in [0.1, 0.15) is 7.11 Å². The molecule has 0 aliphatic heterocycles. The largest absolute Gasteiger partial charge is 0.481 e. The molecule has 1 unspecified atom stereocenters. The summed E-state index contributed by atoms with van der Waals surface area (Å²) in [6.07, 6.45) is 3.16. The first-order chi connectivity index (χ1) is 12.1. The van der Waals surface area contributed by atoms with Crippen LogP contribution < -0.4 is 0 Å².